The minimum Gasteiger partial charge on any atom is -0.317 e. The van der Waals surface area contributed by atoms with Gasteiger partial charge in [-0.1, -0.05) is 6.07 Å². The first kappa shape index (κ1) is 13.2. The summed E-state index contributed by atoms with van der Waals surface area (Å²) in [5.41, 5.74) is 2.02. The molecule has 0 saturated carbocycles. The van der Waals surface area contributed by atoms with Crippen LogP contribution in [-0.2, 0) is 9.59 Å². The second-order valence-electron chi connectivity index (χ2n) is 5.54. The van der Waals surface area contributed by atoms with Crippen molar-refractivity contribution in [3.63, 3.8) is 0 Å². The number of pyridine rings is 1. The predicted molar refractivity (Wildman–Crippen MR) is 74.2 cm³/mol. The highest BCUT2D eigenvalue weighted by atomic mass is 16.2. The lowest BCUT2D eigenvalue weighted by atomic mass is 9.90. The Morgan fingerprint density at radius 1 is 1.10 bits per heavy atom. The summed E-state index contributed by atoms with van der Waals surface area (Å²) < 4.78 is 0. The molecule has 2 amide bonds. The Labute approximate surface area is 118 Å². The Kier molecular flexibility index (Phi) is 3.78. The molecule has 106 valence electrons. The summed E-state index contributed by atoms with van der Waals surface area (Å²) in [6, 6.07) is 4.03. The van der Waals surface area contributed by atoms with E-state index in [1.165, 1.54) is 0 Å². The van der Waals surface area contributed by atoms with E-state index in [2.05, 4.69) is 15.6 Å². The van der Waals surface area contributed by atoms with Gasteiger partial charge in [0.1, 0.15) is 0 Å². The monoisotopic (exact) mass is 273 g/mol. The molecule has 2 aliphatic heterocycles. The fraction of sp³-hybridized carbons (Fsp3) is 0.533. The van der Waals surface area contributed by atoms with Gasteiger partial charge in [0.25, 0.3) is 0 Å². The molecule has 5 nitrogen and oxygen atoms in total. The summed E-state index contributed by atoms with van der Waals surface area (Å²) in [5.74, 6) is -0.0856. The van der Waals surface area contributed by atoms with E-state index < -0.39 is 0 Å². The van der Waals surface area contributed by atoms with Crippen LogP contribution in [0.15, 0.2) is 18.3 Å². The van der Waals surface area contributed by atoms with Crippen LogP contribution in [0.25, 0.3) is 0 Å². The molecule has 1 atom stereocenters. The number of amides is 2. The molecule has 2 saturated heterocycles. The van der Waals surface area contributed by atoms with Crippen molar-refractivity contribution in [1.82, 2.24) is 15.6 Å². The van der Waals surface area contributed by atoms with Gasteiger partial charge in [-0.3, -0.25) is 19.9 Å². The van der Waals surface area contributed by atoms with Crippen LogP contribution in [0, 0.1) is 0 Å². The minimum atomic E-state index is -0.234. The fourth-order valence-corrected chi connectivity index (χ4v) is 2.99. The van der Waals surface area contributed by atoms with E-state index in [1.807, 2.05) is 12.1 Å². The van der Waals surface area contributed by atoms with Gasteiger partial charge in [-0.2, -0.15) is 0 Å². The summed E-state index contributed by atoms with van der Waals surface area (Å²) >= 11 is 0. The number of piperidine rings is 2. The number of aromatic nitrogens is 1. The van der Waals surface area contributed by atoms with Gasteiger partial charge in [-0.15, -0.1) is 0 Å². The zero-order valence-corrected chi connectivity index (χ0v) is 11.4. The molecule has 1 aromatic rings. The molecular weight excluding hydrogens is 254 g/mol. The van der Waals surface area contributed by atoms with Crippen LogP contribution in [0.4, 0.5) is 0 Å². The minimum absolute atomic E-state index is 0.175. The molecule has 5 heteroatoms. The van der Waals surface area contributed by atoms with Crippen LogP contribution >= 0.6 is 0 Å². The molecule has 0 spiro atoms. The van der Waals surface area contributed by atoms with Crippen LogP contribution in [0.5, 0.6) is 0 Å². The first-order chi connectivity index (χ1) is 9.74. The molecule has 0 bridgehead atoms. The van der Waals surface area contributed by atoms with Crippen molar-refractivity contribution in [2.75, 3.05) is 13.1 Å². The number of nitrogens with one attached hydrogen (secondary N) is 2. The molecule has 3 heterocycles. The van der Waals surface area contributed by atoms with Crippen LogP contribution in [0.2, 0.25) is 0 Å². The van der Waals surface area contributed by atoms with E-state index in [0.717, 1.165) is 37.2 Å². The van der Waals surface area contributed by atoms with Crippen molar-refractivity contribution < 1.29 is 9.59 Å². The van der Waals surface area contributed by atoms with Gasteiger partial charge in [0.05, 0.1) is 5.92 Å². The molecule has 0 radical (unpaired) electrons. The normalized spacial score (nSPS) is 24.5. The third kappa shape index (κ3) is 2.72. The predicted octanol–water partition coefficient (Wildman–Crippen LogP) is 1.07. The average molecular weight is 273 g/mol. The van der Waals surface area contributed by atoms with E-state index >= 15 is 0 Å². The highest BCUT2D eigenvalue weighted by Gasteiger charge is 2.28. The smallest absolute Gasteiger partial charge is 0.234 e. The van der Waals surface area contributed by atoms with Crippen molar-refractivity contribution in [3.05, 3.63) is 29.6 Å². The van der Waals surface area contributed by atoms with Crippen LogP contribution in [-0.4, -0.2) is 29.9 Å². The third-order valence-electron chi connectivity index (χ3n) is 4.21. The van der Waals surface area contributed by atoms with Crippen molar-refractivity contribution in [1.29, 1.82) is 0 Å². The maximum absolute atomic E-state index is 11.8. The first-order valence-corrected chi connectivity index (χ1v) is 7.24. The quantitative estimate of drug-likeness (QED) is 0.791. The maximum Gasteiger partial charge on any atom is 0.234 e. The summed E-state index contributed by atoms with van der Waals surface area (Å²) in [4.78, 5) is 27.5. The van der Waals surface area contributed by atoms with Crippen LogP contribution < -0.4 is 10.6 Å². The van der Waals surface area contributed by atoms with Crippen molar-refractivity contribution in [3.8, 4) is 0 Å². The molecule has 20 heavy (non-hydrogen) atoms. The van der Waals surface area contributed by atoms with E-state index in [9.17, 15) is 9.59 Å². The van der Waals surface area contributed by atoms with Gasteiger partial charge < -0.3 is 5.32 Å². The molecule has 2 aliphatic rings. The first-order valence-electron chi connectivity index (χ1n) is 7.24. The molecule has 1 unspecified atom stereocenters. The van der Waals surface area contributed by atoms with Crippen molar-refractivity contribution in [2.24, 2.45) is 0 Å². The van der Waals surface area contributed by atoms with Crippen LogP contribution in [0.3, 0.4) is 0 Å². The lowest BCUT2D eigenvalue weighted by Gasteiger charge is -2.23. The largest absolute Gasteiger partial charge is 0.317 e. The van der Waals surface area contributed by atoms with Gasteiger partial charge in [0.15, 0.2) is 0 Å². The standard InChI is InChI=1S/C15H19N3O2/c19-14-4-2-12(15(20)18-14)11-1-3-13(17-9-11)10-5-7-16-8-6-10/h1,3,9-10,12,16H,2,4-8H2,(H,18,19,20). The highest BCUT2D eigenvalue weighted by molar-refractivity contribution is 6.00. The summed E-state index contributed by atoms with van der Waals surface area (Å²) in [5, 5.41) is 5.74. The number of nitrogens with zero attached hydrogens (tertiary/aromatic N) is 1. The lowest BCUT2D eigenvalue weighted by Crippen LogP contribution is -2.39. The van der Waals surface area contributed by atoms with Gasteiger partial charge in [-0.05, 0) is 44.0 Å². The number of hydrogen-bond donors (Lipinski definition) is 2. The Morgan fingerprint density at radius 2 is 1.90 bits per heavy atom. The number of carbonyl (C=O) groups is 2. The molecular formula is C15H19N3O2. The van der Waals surface area contributed by atoms with E-state index in [-0.39, 0.29) is 17.7 Å². The van der Waals surface area contributed by atoms with Gasteiger partial charge >= 0.3 is 0 Å². The summed E-state index contributed by atoms with van der Waals surface area (Å²) in [7, 11) is 0. The average Bonchev–Trinajstić information content (AvgIpc) is 2.48. The number of rotatable bonds is 2. The van der Waals surface area contributed by atoms with E-state index in [0.29, 0.717) is 18.8 Å². The maximum atomic E-state index is 11.8. The zero-order chi connectivity index (χ0) is 13.9. The summed E-state index contributed by atoms with van der Waals surface area (Å²) in [6.45, 7) is 2.09. The SMILES string of the molecule is O=C1CCC(c2ccc(C3CCNCC3)nc2)C(=O)N1. The highest BCUT2D eigenvalue weighted by Crippen LogP contribution is 2.27. The van der Waals surface area contributed by atoms with Gasteiger partial charge in [0, 0.05) is 24.2 Å². The lowest BCUT2D eigenvalue weighted by molar-refractivity contribution is -0.134. The topological polar surface area (TPSA) is 71.1 Å². The van der Waals surface area contributed by atoms with E-state index in [1.54, 1.807) is 6.20 Å². The third-order valence-corrected chi connectivity index (χ3v) is 4.21. The Balaban J connectivity index is 1.72. The second-order valence-corrected chi connectivity index (χ2v) is 5.54. The molecule has 3 rings (SSSR count). The van der Waals surface area contributed by atoms with Gasteiger partial charge in [-0.25, -0.2) is 0 Å². The Bertz CT molecular complexity index is 506. The van der Waals surface area contributed by atoms with Crippen molar-refractivity contribution in [2.45, 2.75) is 37.5 Å². The molecule has 2 fully saturated rings. The zero-order valence-electron chi connectivity index (χ0n) is 11.4. The molecule has 0 aliphatic carbocycles. The Hall–Kier alpha value is -1.75. The second kappa shape index (κ2) is 5.71. The molecule has 0 aromatic carbocycles. The molecule has 2 N–H and O–H groups in total. The van der Waals surface area contributed by atoms with Crippen molar-refractivity contribution >= 4 is 11.8 Å². The van der Waals surface area contributed by atoms with Gasteiger partial charge in [0.2, 0.25) is 11.8 Å². The fourth-order valence-electron chi connectivity index (χ4n) is 2.99. The van der Waals surface area contributed by atoms with Crippen LogP contribution in [0.1, 0.15) is 48.8 Å². The Morgan fingerprint density at radius 3 is 2.55 bits per heavy atom. The number of carbonyl (C=O) groups excluding carboxylic acids is 2. The number of hydrogen-bond acceptors (Lipinski definition) is 4. The summed E-state index contributed by atoms with van der Waals surface area (Å²) in [6.07, 6.45) is 5.03. The number of imide groups is 1. The molecule has 1 aromatic heterocycles. The van der Waals surface area contributed by atoms with E-state index in [4.69, 9.17) is 0 Å².